The number of likely N-dealkylation sites (tertiary alicyclic amines) is 1. The van der Waals surface area contributed by atoms with Crippen LogP contribution in [-0.4, -0.2) is 61.5 Å². The van der Waals surface area contributed by atoms with Crippen LogP contribution in [0.1, 0.15) is 28.8 Å². The molecule has 2 aliphatic heterocycles. The molecule has 4 rings (SSSR count). The van der Waals surface area contributed by atoms with Crippen LogP contribution < -0.4 is 5.32 Å². The predicted octanol–water partition coefficient (Wildman–Crippen LogP) is 3.14. The van der Waals surface area contributed by atoms with Crippen molar-refractivity contribution in [3.8, 4) is 0 Å². The zero-order valence-electron chi connectivity index (χ0n) is 18.3. The van der Waals surface area contributed by atoms with E-state index in [1.54, 1.807) is 11.3 Å². The molecule has 0 bridgehead atoms. The van der Waals surface area contributed by atoms with E-state index in [-0.39, 0.29) is 5.91 Å². The van der Waals surface area contributed by atoms with Crippen molar-refractivity contribution in [2.24, 2.45) is 10.9 Å². The Balaban J connectivity index is 1.15. The molecule has 1 unspecified atom stereocenters. The van der Waals surface area contributed by atoms with Gasteiger partial charge in [0.25, 0.3) is 0 Å². The van der Waals surface area contributed by atoms with Crippen LogP contribution in [0.25, 0.3) is 0 Å². The molecule has 31 heavy (non-hydrogen) atoms. The topological polar surface area (TPSA) is 57.2 Å². The van der Waals surface area contributed by atoms with E-state index in [9.17, 15) is 4.79 Å². The summed E-state index contributed by atoms with van der Waals surface area (Å²) < 4.78 is 5.93. The summed E-state index contributed by atoms with van der Waals surface area (Å²) in [5.41, 5.74) is 2.52. The Bertz CT molecular complexity index is 883. The number of hydrogen-bond donors (Lipinski definition) is 1. The highest BCUT2D eigenvalue weighted by atomic mass is 32.1. The molecule has 1 saturated heterocycles. The van der Waals surface area contributed by atoms with Crippen LogP contribution in [0.5, 0.6) is 0 Å². The van der Waals surface area contributed by atoms with Gasteiger partial charge in [-0.2, -0.15) is 0 Å². The molecule has 1 fully saturated rings. The largest absolute Gasteiger partial charge is 0.376 e. The van der Waals surface area contributed by atoms with E-state index in [1.165, 1.54) is 16.0 Å². The number of carbonyl (C=O) groups excluding carboxylic acids is 1. The third-order valence-corrected chi connectivity index (χ3v) is 7.07. The second-order valence-corrected chi connectivity index (χ2v) is 9.26. The Morgan fingerprint density at radius 2 is 2.10 bits per heavy atom. The molecule has 3 heterocycles. The average Bonchev–Trinajstić information content (AvgIpc) is 3.46. The second kappa shape index (κ2) is 10.8. The van der Waals surface area contributed by atoms with Gasteiger partial charge in [-0.05, 0) is 35.4 Å². The van der Waals surface area contributed by atoms with Crippen LogP contribution in [0, 0.1) is 5.92 Å². The highest BCUT2D eigenvalue weighted by Gasteiger charge is 2.25. The second-order valence-electron chi connectivity index (χ2n) is 8.26. The first-order valence-electron chi connectivity index (χ1n) is 11.1. The maximum atomic E-state index is 12.6. The maximum Gasteiger partial charge on any atom is 0.224 e. The Kier molecular flexibility index (Phi) is 7.59. The average molecular weight is 441 g/mol. The van der Waals surface area contributed by atoms with Crippen LogP contribution in [0.2, 0.25) is 0 Å². The molecule has 0 spiro atoms. The van der Waals surface area contributed by atoms with Gasteiger partial charge < -0.3 is 19.9 Å². The zero-order valence-corrected chi connectivity index (χ0v) is 19.1. The van der Waals surface area contributed by atoms with E-state index in [4.69, 9.17) is 4.74 Å². The van der Waals surface area contributed by atoms with Gasteiger partial charge in [-0.25, -0.2) is 0 Å². The molecular formula is C24H32N4O2S. The van der Waals surface area contributed by atoms with Crippen LogP contribution in [0.3, 0.4) is 0 Å². The highest BCUT2D eigenvalue weighted by Crippen LogP contribution is 2.24. The van der Waals surface area contributed by atoms with Crippen LogP contribution in [0.4, 0.5) is 0 Å². The van der Waals surface area contributed by atoms with Gasteiger partial charge in [0, 0.05) is 57.0 Å². The fraction of sp³-hybridized carbons (Fsp3) is 0.500. The number of thiophene rings is 1. The molecule has 0 radical (unpaired) electrons. The van der Waals surface area contributed by atoms with Gasteiger partial charge in [0.1, 0.15) is 0 Å². The van der Waals surface area contributed by atoms with Gasteiger partial charge in [-0.3, -0.25) is 9.79 Å². The monoisotopic (exact) mass is 440 g/mol. The van der Waals surface area contributed by atoms with Crippen molar-refractivity contribution in [2.75, 3.05) is 39.8 Å². The molecule has 0 saturated carbocycles. The molecule has 1 aromatic carbocycles. The number of aliphatic imine (C=N–C) groups is 1. The summed E-state index contributed by atoms with van der Waals surface area (Å²) in [6.07, 6.45) is 2.58. The van der Waals surface area contributed by atoms with Crippen molar-refractivity contribution in [3.05, 3.63) is 57.8 Å². The number of amides is 1. The number of guanidine groups is 1. The Morgan fingerprint density at radius 3 is 2.94 bits per heavy atom. The van der Waals surface area contributed by atoms with Crippen molar-refractivity contribution in [1.82, 2.24) is 15.1 Å². The van der Waals surface area contributed by atoms with Crippen LogP contribution >= 0.6 is 11.3 Å². The molecule has 1 N–H and O–H groups in total. The SMILES string of the molecule is CN=C(NCCC(=O)N1CCc2sccc2C1)N1CCC(COCc2ccccc2)C1. The fourth-order valence-electron chi connectivity index (χ4n) is 4.31. The number of rotatable bonds is 7. The van der Waals surface area contributed by atoms with Gasteiger partial charge in [0.2, 0.25) is 5.91 Å². The third kappa shape index (κ3) is 5.86. The van der Waals surface area contributed by atoms with Crippen molar-refractivity contribution in [3.63, 3.8) is 0 Å². The molecule has 1 aromatic heterocycles. The van der Waals surface area contributed by atoms with Gasteiger partial charge in [0.15, 0.2) is 5.96 Å². The van der Waals surface area contributed by atoms with E-state index >= 15 is 0 Å². The lowest BCUT2D eigenvalue weighted by atomic mass is 10.1. The lowest BCUT2D eigenvalue weighted by molar-refractivity contribution is -0.131. The first-order chi connectivity index (χ1) is 15.2. The fourth-order valence-corrected chi connectivity index (χ4v) is 5.20. The van der Waals surface area contributed by atoms with E-state index in [1.807, 2.05) is 30.1 Å². The first kappa shape index (κ1) is 21.8. The van der Waals surface area contributed by atoms with E-state index in [0.717, 1.165) is 51.6 Å². The standard InChI is InChI=1S/C24H32N4O2S/c1-25-24(26-11-7-23(29)27-13-9-22-21(16-27)10-14-31-22)28-12-8-20(15-28)18-30-17-19-5-3-2-4-6-19/h2-6,10,14,20H,7-9,11-13,15-18H2,1H3,(H,25,26). The summed E-state index contributed by atoms with van der Waals surface area (Å²) >= 11 is 1.80. The summed E-state index contributed by atoms with van der Waals surface area (Å²) in [4.78, 5) is 22.7. The summed E-state index contributed by atoms with van der Waals surface area (Å²) in [6, 6.07) is 12.4. The number of fused-ring (bicyclic) bond motifs is 1. The highest BCUT2D eigenvalue weighted by molar-refractivity contribution is 7.10. The van der Waals surface area contributed by atoms with Gasteiger partial charge in [0.05, 0.1) is 13.2 Å². The van der Waals surface area contributed by atoms with Crippen molar-refractivity contribution < 1.29 is 9.53 Å². The molecular weight excluding hydrogens is 408 g/mol. The number of nitrogens with zero attached hydrogens (tertiary/aromatic N) is 3. The molecule has 166 valence electrons. The lowest BCUT2D eigenvalue weighted by Gasteiger charge is -2.27. The Hall–Kier alpha value is -2.38. The van der Waals surface area contributed by atoms with Crippen molar-refractivity contribution >= 4 is 23.2 Å². The summed E-state index contributed by atoms with van der Waals surface area (Å²) in [6.45, 7) is 5.54. The number of carbonyl (C=O) groups is 1. The van der Waals surface area contributed by atoms with Crippen LogP contribution in [-0.2, 0) is 29.1 Å². The minimum absolute atomic E-state index is 0.216. The van der Waals surface area contributed by atoms with Crippen molar-refractivity contribution in [2.45, 2.75) is 32.4 Å². The Labute approximate surface area is 188 Å². The molecule has 2 aliphatic rings. The molecule has 7 heteroatoms. The Morgan fingerprint density at radius 1 is 1.23 bits per heavy atom. The van der Waals surface area contributed by atoms with E-state index in [2.05, 4.69) is 38.8 Å². The molecule has 6 nitrogen and oxygen atoms in total. The lowest BCUT2D eigenvalue weighted by Crippen LogP contribution is -2.42. The smallest absolute Gasteiger partial charge is 0.224 e. The molecule has 2 aromatic rings. The van der Waals surface area contributed by atoms with E-state index in [0.29, 0.717) is 25.5 Å². The normalized spacial score (nSPS) is 18.9. The van der Waals surface area contributed by atoms with Gasteiger partial charge in [-0.1, -0.05) is 30.3 Å². The van der Waals surface area contributed by atoms with E-state index < -0.39 is 0 Å². The minimum atomic E-state index is 0.216. The maximum absolute atomic E-state index is 12.6. The number of ether oxygens (including phenoxy) is 1. The number of hydrogen-bond acceptors (Lipinski definition) is 4. The third-order valence-electron chi connectivity index (χ3n) is 6.04. The van der Waals surface area contributed by atoms with Crippen molar-refractivity contribution in [1.29, 1.82) is 0 Å². The van der Waals surface area contributed by atoms with Gasteiger partial charge in [-0.15, -0.1) is 11.3 Å². The number of benzene rings is 1. The zero-order chi connectivity index (χ0) is 21.5. The predicted molar refractivity (Wildman–Crippen MR) is 125 cm³/mol. The quantitative estimate of drug-likeness (QED) is 0.531. The summed E-state index contributed by atoms with van der Waals surface area (Å²) in [7, 11) is 1.81. The minimum Gasteiger partial charge on any atom is -0.376 e. The molecule has 0 aliphatic carbocycles. The van der Waals surface area contributed by atoms with Crippen LogP contribution in [0.15, 0.2) is 46.8 Å². The van der Waals surface area contributed by atoms with Gasteiger partial charge >= 0.3 is 0 Å². The summed E-state index contributed by atoms with van der Waals surface area (Å²) in [5.74, 6) is 1.61. The first-order valence-corrected chi connectivity index (χ1v) is 12.0. The number of nitrogens with one attached hydrogen (secondary N) is 1. The molecule has 1 amide bonds. The molecule has 1 atom stereocenters. The summed E-state index contributed by atoms with van der Waals surface area (Å²) in [5, 5.41) is 5.51.